The van der Waals surface area contributed by atoms with E-state index >= 15 is 0 Å². The second kappa shape index (κ2) is 4.17. The highest BCUT2D eigenvalue weighted by Crippen LogP contribution is 2.78. The number of fused-ring (bicyclic) bond motifs is 3. The summed E-state index contributed by atoms with van der Waals surface area (Å²) in [7, 11) is 3.72. The Morgan fingerprint density at radius 2 is 2.12 bits per heavy atom. The van der Waals surface area contributed by atoms with Crippen molar-refractivity contribution in [1.29, 1.82) is 0 Å². The van der Waals surface area contributed by atoms with Crippen molar-refractivity contribution in [3.05, 3.63) is 11.6 Å². The predicted molar refractivity (Wildman–Crippen MR) is 90.4 cm³/mol. The number of ketones is 1. The van der Waals surface area contributed by atoms with Crippen molar-refractivity contribution in [2.75, 3.05) is 14.1 Å². The molecule has 4 saturated carbocycles. The quantitative estimate of drug-likeness (QED) is 0.642. The van der Waals surface area contributed by atoms with Crippen LogP contribution in [0.2, 0.25) is 0 Å². The van der Waals surface area contributed by atoms with Crippen LogP contribution in [-0.4, -0.2) is 47.7 Å². The molecule has 0 aromatic carbocycles. The number of hydrogen-bond donors (Lipinski definition) is 0. The highest BCUT2D eigenvalue weighted by Gasteiger charge is 2.80. The van der Waals surface area contributed by atoms with Crippen LogP contribution in [0.1, 0.15) is 19.3 Å². The van der Waals surface area contributed by atoms with Crippen LogP contribution in [-0.2, 0) is 14.3 Å². The lowest BCUT2D eigenvalue weighted by Gasteiger charge is -2.40. The first-order valence-corrected chi connectivity index (χ1v) is 10.1. The molecule has 5 fully saturated rings. The lowest BCUT2D eigenvalue weighted by molar-refractivity contribution is -0.137. The van der Waals surface area contributed by atoms with Crippen LogP contribution < -0.4 is 0 Å². The Kier molecular flexibility index (Phi) is 2.52. The highest BCUT2D eigenvalue weighted by atomic mass is 79.9. The minimum Gasteiger partial charge on any atom is -0.372 e. The average molecular weight is 392 g/mol. The molecule has 0 aromatic heterocycles. The Balaban J connectivity index is 1.53. The monoisotopic (exact) mass is 391 g/mol. The van der Waals surface area contributed by atoms with Crippen molar-refractivity contribution in [2.24, 2.45) is 40.9 Å². The third-order valence-electron chi connectivity index (χ3n) is 8.32. The van der Waals surface area contributed by atoms with E-state index < -0.39 is 0 Å². The van der Waals surface area contributed by atoms with E-state index in [0.717, 1.165) is 6.42 Å². The lowest BCUT2D eigenvalue weighted by atomic mass is 9.68. The molecule has 1 aliphatic heterocycles. The third kappa shape index (κ3) is 1.30. The summed E-state index contributed by atoms with van der Waals surface area (Å²) >= 11 is 3.91. The summed E-state index contributed by atoms with van der Waals surface area (Å²) in [5.74, 6) is 3.22. The van der Waals surface area contributed by atoms with Crippen LogP contribution in [0.5, 0.6) is 0 Å². The zero-order chi connectivity index (χ0) is 16.5. The van der Waals surface area contributed by atoms with Crippen molar-refractivity contribution in [2.45, 2.75) is 36.3 Å². The number of halogens is 1. The Morgan fingerprint density at radius 1 is 1.33 bits per heavy atom. The molecule has 6 rings (SSSR count). The first-order valence-electron chi connectivity index (χ1n) is 9.19. The SMILES string of the molecule is CN(C)C(=O)C1CC2=CC(=O)C[C@@]23[C@@H]2O[C@@H]4[C@@H](Br)[C@H]5C[C@@H]4[C@@H]2[C@H]5[C@@H]13. The Hall–Kier alpha value is -0.680. The largest absolute Gasteiger partial charge is 0.372 e. The van der Waals surface area contributed by atoms with Gasteiger partial charge in [-0.05, 0) is 48.5 Å². The molecule has 128 valence electrons. The third-order valence-corrected chi connectivity index (χ3v) is 9.52. The number of hydrogen-bond acceptors (Lipinski definition) is 3. The van der Waals surface area contributed by atoms with Gasteiger partial charge in [0, 0.05) is 36.7 Å². The van der Waals surface area contributed by atoms with Crippen molar-refractivity contribution in [1.82, 2.24) is 4.90 Å². The number of amides is 1. The van der Waals surface area contributed by atoms with Gasteiger partial charge in [-0.15, -0.1) is 0 Å². The van der Waals surface area contributed by atoms with Gasteiger partial charge in [0.15, 0.2) is 5.78 Å². The molecular formula is C19H22BrNO3. The van der Waals surface area contributed by atoms with Crippen LogP contribution in [0.4, 0.5) is 0 Å². The topological polar surface area (TPSA) is 46.6 Å². The molecule has 0 N–H and O–H groups in total. The molecule has 0 aromatic rings. The molecule has 1 heterocycles. The summed E-state index contributed by atoms with van der Waals surface area (Å²) in [6.07, 6.45) is 4.97. The number of carbonyl (C=O) groups is 2. The van der Waals surface area contributed by atoms with Crippen LogP contribution >= 0.6 is 15.9 Å². The van der Waals surface area contributed by atoms with Crippen LogP contribution in [0, 0.1) is 40.9 Å². The van der Waals surface area contributed by atoms with Gasteiger partial charge in [-0.3, -0.25) is 9.59 Å². The number of ether oxygens (including phenoxy) is 1. The molecule has 1 amide bonds. The smallest absolute Gasteiger partial charge is 0.225 e. The van der Waals surface area contributed by atoms with Crippen LogP contribution in [0.25, 0.3) is 0 Å². The van der Waals surface area contributed by atoms with E-state index in [4.69, 9.17) is 4.74 Å². The van der Waals surface area contributed by atoms with E-state index in [-0.39, 0.29) is 29.1 Å². The summed E-state index contributed by atoms with van der Waals surface area (Å²) in [4.78, 5) is 27.5. The zero-order valence-electron chi connectivity index (χ0n) is 13.9. The van der Waals surface area contributed by atoms with Gasteiger partial charge in [0.2, 0.25) is 5.91 Å². The summed E-state index contributed by atoms with van der Waals surface area (Å²) in [5, 5.41) is 0. The molecule has 4 nitrogen and oxygen atoms in total. The summed E-state index contributed by atoms with van der Waals surface area (Å²) in [5.41, 5.74) is 1.09. The van der Waals surface area contributed by atoms with Crippen LogP contribution in [0.3, 0.4) is 0 Å². The van der Waals surface area contributed by atoms with E-state index in [1.54, 1.807) is 4.90 Å². The van der Waals surface area contributed by atoms with Crippen molar-refractivity contribution in [3.63, 3.8) is 0 Å². The number of carbonyl (C=O) groups excluding carboxylic acids is 2. The lowest BCUT2D eigenvalue weighted by Crippen LogP contribution is -2.44. The molecule has 10 atom stereocenters. The molecule has 2 bridgehead atoms. The summed E-state index contributed by atoms with van der Waals surface area (Å²) in [6.45, 7) is 0. The molecule has 5 aliphatic carbocycles. The maximum Gasteiger partial charge on any atom is 0.225 e. The minimum atomic E-state index is -0.151. The second-order valence-corrected chi connectivity index (χ2v) is 10.2. The maximum absolute atomic E-state index is 13.0. The number of nitrogens with zero attached hydrogens (tertiary/aromatic N) is 1. The first-order chi connectivity index (χ1) is 11.4. The summed E-state index contributed by atoms with van der Waals surface area (Å²) in [6, 6.07) is 0. The Morgan fingerprint density at radius 3 is 2.88 bits per heavy atom. The molecule has 6 aliphatic rings. The van der Waals surface area contributed by atoms with Crippen molar-refractivity contribution in [3.8, 4) is 0 Å². The molecule has 0 radical (unpaired) electrons. The van der Waals surface area contributed by atoms with Gasteiger partial charge >= 0.3 is 0 Å². The predicted octanol–water partition coefficient (Wildman–Crippen LogP) is 2.02. The zero-order valence-corrected chi connectivity index (χ0v) is 15.5. The molecular weight excluding hydrogens is 370 g/mol. The van der Waals surface area contributed by atoms with E-state index in [9.17, 15) is 9.59 Å². The van der Waals surface area contributed by atoms with E-state index in [1.165, 1.54) is 12.0 Å². The minimum absolute atomic E-state index is 0.0380. The molecule has 5 heteroatoms. The Bertz CT molecular complexity index is 717. The van der Waals surface area contributed by atoms with Crippen molar-refractivity contribution >= 4 is 27.6 Å². The average Bonchev–Trinajstić information content (AvgIpc) is 3.25. The van der Waals surface area contributed by atoms with Gasteiger partial charge in [0.05, 0.1) is 12.2 Å². The van der Waals surface area contributed by atoms with Crippen LogP contribution in [0.15, 0.2) is 11.6 Å². The first kappa shape index (κ1) is 14.5. The Labute approximate surface area is 150 Å². The fourth-order valence-electron chi connectivity index (χ4n) is 7.95. The van der Waals surface area contributed by atoms with Gasteiger partial charge in [-0.1, -0.05) is 21.5 Å². The molecule has 1 spiro atoms. The number of rotatable bonds is 1. The van der Waals surface area contributed by atoms with Gasteiger partial charge in [-0.2, -0.15) is 0 Å². The fourth-order valence-corrected chi connectivity index (χ4v) is 9.03. The van der Waals surface area contributed by atoms with Gasteiger partial charge in [0.25, 0.3) is 0 Å². The van der Waals surface area contributed by atoms with E-state index in [0.29, 0.717) is 46.9 Å². The van der Waals surface area contributed by atoms with Gasteiger partial charge in [0.1, 0.15) is 0 Å². The van der Waals surface area contributed by atoms with E-state index in [1.807, 2.05) is 20.2 Å². The standard InChI is InChI=1S/C19H22BrNO3/c1-21(2)18(23)11-4-7-3-8(22)6-19(7)14(11)12-9-5-10-13(12)17(19)24-16(10)15(9)20/h3,9-17H,4-6H2,1-2H3/t9-,10+,11?,12-,13+,14+,15-,16-,17+,19+/m0/s1. The highest BCUT2D eigenvalue weighted by molar-refractivity contribution is 9.09. The van der Waals surface area contributed by atoms with Gasteiger partial charge in [-0.25, -0.2) is 0 Å². The van der Waals surface area contributed by atoms with Gasteiger partial charge < -0.3 is 9.64 Å². The summed E-state index contributed by atoms with van der Waals surface area (Å²) < 4.78 is 6.63. The molecule has 1 unspecified atom stereocenters. The normalized spacial score (nSPS) is 58.2. The van der Waals surface area contributed by atoms with Crippen molar-refractivity contribution < 1.29 is 14.3 Å². The number of allylic oxidation sites excluding steroid dienone is 1. The second-order valence-electron chi connectivity index (χ2n) is 9.11. The number of alkyl halides is 1. The molecule has 1 saturated heterocycles. The fraction of sp³-hybridized carbons (Fsp3) is 0.789. The van der Waals surface area contributed by atoms with E-state index in [2.05, 4.69) is 15.9 Å². The molecule has 24 heavy (non-hydrogen) atoms. The maximum atomic E-state index is 13.0.